The van der Waals surface area contributed by atoms with Crippen LogP contribution in [-0.2, 0) is 0 Å². The van der Waals surface area contributed by atoms with E-state index in [1.807, 2.05) is 12.1 Å². The Morgan fingerprint density at radius 2 is 1.81 bits per heavy atom. The Labute approximate surface area is 178 Å². The number of carbonyl (C=O) groups is 1. The van der Waals surface area contributed by atoms with Gasteiger partial charge in [-0.3, -0.25) is 25.8 Å². The molecule has 10 heteroatoms. The lowest BCUT2D eigenvalue weighted by molar-refractivity contribution is -0.385. The second kappa shape index (κ2) is 9.53. The van der Waals surface area contributed by atoms with E-state index >= 15 is 0 Å². The zero-order chi connectivity index (χ0) is 22.4. The van der Waals surface area contributed by atoms with Crippen molar-refractivity contribution in [2.24, 2.45) is 0 Å². The third-order valence-corrected chi connectivity index (χ3v) is 4.38. The molecule has 0 spiro atoms. The number of anilines is 1. The molecule has 0 radical (unpaired) electrons. The highest BCUT2D eigenvalue weighted by Crippen LogP contribution is 2.34. The van der Waals surface area contributed by atoms with Gasteiger partial charge in [-0.1, -0.05) is 38.1 Å². The molecule has 1 aromatic heterocycles. The quantitative estimate of drug-likeness (QED) is 0.410. The third kappa shape index (κ3) is 5.04. The average molecular weight is 423 g/mol. The first-order chi connectivity index (χ1) is 14.9. The smallest absolute Gasteiger partial charge is 0.374 e. The van der Waals surface area contributed by atoms with Gasteiger partial charge in [0.15, 0.2) is 0 Å². The molecule has 0 fully saturated rings. The summed E-state index contributed by atoms with van der Waals surface area (Å²) in [5, 5.41) is 11.7. The zero-order valence-corrected chi connectivity index (χ0v) is 17.2. The van der Waals surface area contributed by atoms with Crippen molar-refractivity contribution in [3.8, 4) is 17.4 Å². The maximum atomic E-state index is 12.4. The molecule has 2 aromatic carbocycles. The minimum atomic E-state index is -0.685. The van der Waals surface area contributed by atoms with Gasteiger partial charge in [-0.15, -0.1) is 0 Å². The van der Waals surface area contributed by atoms with Crippen LogP contribution in [0.25, 0.3) is 0 Å². The first-order valence-corrected chi connectivity index (χ1v) is 9.37. The Morgan fingerprint density at radius 1 is 1.10 bits per heavy atom. The van der Waals surface area contributed by atoms with Gasteiger partial charge in [0, 0.05) is 0 Å². The standard InChI is InChI=1S/C21H21N5O5/c1-13(2)14-8-10-15(11-9-14)31-21-18(26(28)29)19(22-12-23-21)24-25-20(27)16-6-4-5-7-17(16)30-3/h4-13H,1-3H3,(H,25,27)(H,22,23,24). The minimum absolute atomic E-state index is 0.225. The van der Waals surface area contributed by atoms with Gasteiger partial charge < -0.3 is 9.47 Å². The molecule has 1 heterocycles. The first kappa shape index (κ1) is 21.5. The van der Waals surface area contributed by atoms with Crippen molar-refractivity contribution < 1.29 is 19.2 Å². The second-order valence-corrected chi connectivity index (χ2v) is 6.74. The number of nitro groups is 1. The number of amides is 1. The van der Waals surface area contributed by atoms with Crippen LogP contribution in [0.4, 0.5) is 11.5 Å². The van der Waals surface area contributed by atoms with E-state index in [4.69, 9.17) is 9.47 Å². The number of benzene rings is 2. The molecule has 0 bridgehead atoms. The Balaban J connectivity index is 1.81. The number of nitrogens with one attached hydrogen (secondary N) is 2. The van der Waals surface area contributed by atoms with E-state index < -0.39 is 16.5 Å². The zero-order valence-electron chi connectivity index (χ0n) is 17.2. The van der Waals surface area contributed by atoms with Crippen LogP contribution in [0.2, 0.25) is 0 Å². The summed E-state index contributed by atoms with van der Waals surface area (Å²) in [6, 6.07) is 13.7. The van der Waals surface area contributed by atoms with Crippen LogP contribution in [0.1, 0.15) is 35.7 Å². The highest BCUT2D eigenvalue weighted by molar-refractivity contribution is 5.97. The molecule has 31 heavy (non-hydrogen) atoms. The van der Waals surface area contributed by atoms with Crippen LogP contribution in [-0.4, -0.2) is 27.9 Å². The largest absolute Gasteiger partial charge is 0.496 e. The van der Waals surface area contributed by atoms with Crippen molar-refractivity contribution in [2.45, 2.75) is 19.8 Å². The van der Waals surface area contributed by atoms with Crippen LogP contribution in [0.5, 0.6) is 17.4 Å². The summed E-state index contributed by atoms with van der Waals surface area (Å²) in [6.07, 6.45) is 1.10. The van der Waals surface area contributed by atoms with Crippen LogP contribution in [0.3, 0.4) is 0 Å². The molecular formula is C21H21N5O5. The second-order valence-electron chi connectivity index (χ2n) is 6.74. The third-order valence-electron chi connectivity index (χ3n) is 4.38. The number of carbonyl (C=O) groups excluding carboxylic acids is 1. The van der Waals surface area contributed by atoms with Crippen LogP contribution >= 0.6 is 0 Å². The molecular weight excluding hydrogens is 402 g/mol. The van der Waals surface area contributed by atoms with Crippen molar-refractivity contribution in [3.05, 3.63) is 76.1 Å². The monoisotopic (exact) mass is 423 g/mol. The number of hydrogen-bond donors (Lipinski definition) is 2. The van der Waals surface area contributed by atoms with Gasteiger partial charge in [-0.25, -0.2) is 4.98 Å². The molecule has 0 atom stereocenters. The maximum Gasteiger partial charge on any atom is 0.374 e. The average Bonchev–Trinajstić information content (AvgIpc) is 2.77. The Hall–Kier alpha value is -4.21. The molecule has 10 nitrogen and oxygen atoms in total. The Bertz CT molecular complexity index is 1090. The van der Waals surface area contributed by atoms with Gasteiger partial charge in [0.1, 0.15) is 17.8 Å². The summed E-state index contributed by atoms with van der Waals surface area (Å²) in [5.41, 5.74) is 5.67. The van der Waals surface area contributed by atoms with Gasteiger partial charge in [-0.2, -0.15) is 4.98 Å². The summed E-state index contributed by atoms with van der Waals surface area (Å²) in [6.45, 7) is 4.12. The lowest BCUT2D eigenvalue weighted by Gasteiger charge is -2.12. The summed E-state index contributed by atoms with van der Waals surface area (Å²) in [4.78, 5) is 31.2. The summed E-state index contributed by atoms with van der Waals surface area (Å²) in [5.74, 6) is 0.0358. The van der Waals surface area contributed by atoms with Gasteiger partial charge in [-0.05, 0) is 35.7 Å². The lowest BCUT2D eigenvalue weighted by atomic mass is 10.0. The van der Waals surface area contributed by atoms with E-state index in [1.54, 1.807) is 36.4 Å². The summed E-state index contributed by atoms with van der Waals surface area (Å²) >= 11 is 0. The fourth-order valence-corrected chi connectivity index (χ4v) is 2.74. The molecule has 0 aliphatic rings. The normalized spacial score (nSPS) is 10.5. The van der Waals surface area contributed by atoms with Crippen LogP contribution in [0, 0.1) is 10.1 Å². The summed E-state index contributed by atoms with van der Waals surface area (Å²) in [7, 11) is 1.44. The number of aromatic nitrogens is 2. The molecule has 160 valence electrons. The number of hydrazine groups is 1. The lowest BCUT2D eigenvalue weighted by Crippen LogP contribution is -2.30. The Kier molecular flexibility index (Phi) is 6.61. The van der Waals surface area contributed by atoms with Crippen molar-refractivity contribution in [2.75, 3.05) is 12.5 Å². The van der Waals surface area contributed by atoms with E-state index in [2.05, 4.69) is 34.7 Å². The fraction of sp³-hybridized carbons (Fsp3) is 0.190. The molecule has 1 amide bonds. The van der Waals surface area contributed by atoms with Crippen molar-refractivity contribution in [1.29, 1.82) is 0 Å². The summed E-state index contributed by atoms with van der Waals surface area (Å²) < 4.78 is 10.8. The van der Waals surface area contributed by atoms with E-state index in [9.17, 15) is 14.9 Å². The van der Waals surface area contributed by atoms with Crippen LogP contribution < -0.4 is 20.3 Å². The maximum absolute atomic E-state index is 12.4. The molecule has 0 aliphatic carbocycles. The van der Waals surface area contributed by atoms with E-state index in [-0.39, 0.29) is 17.3 Å². The van der Waals surface area contributed by atoms with Gasteiger partial charge in [0.2, 0.25) is 5.82 Å². The molecule has 0 saturated carbocycles. The predicted octanol–water partition coefficient (Wildman–Crippen LogP) is 4.07. The predicted molar refractivity (Wildman–Crippen MR) is 113 cm³/mol. The number of nitrogens with zero attached hydrogens (tertiary/aromatic N) is 3. The number of para-hydroxylation sites is 1. The van der Waals surface area contributed by atoms with Crippen molar-refractivity contribution in [1.82, 2.24) is 15.4 Å². The molecule has 0 unspecified atom stereocenters. The molecule has 0 aliphatic heterocycles. The van der Waals surface area contributed by atoms with E-state index in [0.29, 0.717) is 17.4 Å². The first-order valence-electron chi connectivity index (χ1n) is 9.37. The van der Waals surface area contributed by atoms with Gasteiger partial charge in [0.05, 0.1) is 17.6 Å². The number of rotatable bonds is 8. The fourth-order valence-electron chi connectivity index (χ4n) is 2.74. The molecule has 3 rings (SSSR count). The van der Waals surface area contributed by atoms with Gasteiger partial charge in [0.25, 0.3) is 5.91 Å². The SMILES string of the molecule is COc1ccccc1C(=O)NNc1ncnc(Oc2ccc(C(C)C)cc2)c1[N+](=O)[O-]. The van der Waals surface area contributed by atoms with E-state index in [0.717, 1.165) is 11.9 Å². The van der Waals surface area contributed by atoms with Gasteiger partial charge >= 0.3 is 11.6 Å². The topological polar surface area (TPSA) is 129 Å². The number of methoxy groups -OCH3 is 1. The van der Waals surface area contributed by atoms with E-state index in [1.165, 1.54) is 7.11 Å². The highest BCUT2D eigenvalue weighted by Gasteiger charge is 2.26. The minimum Gasteiger partial charge on any atom is -0.496 e. The van der Waals surface area contributed by atoms with Crippen molar-refractivity contribution >= 4 is 17.4 Å². The molecule has 0 saturated heterocycles. The Morgan fingerprint density at radius 3 is 2.45 bits per heavy atom. The molecule has 2 N–H and O–H groups in total. The number of hydrogen-bond acceptors (Lipinski definition) is 8. The van der Waals surface area contributed by atoms with Crippen LogP contribution in [0.15, 0.2) is 54.9 Å². The molecule has 3 aromatic rings. The highest BCUT2D eigenvalue weighted by atomic mass is 16.6. The van der Waals surface area contributed by atoms with Crippen molar-refractivity contribution in [3.63, 3.8) is 0 Å². The number of ether oxygens (including phenoxy) is 2.